The first-order valence-corrected chi connectivity index (χ1v) is 9.59. The normalized spacial score (nSPS) is 15.6. The van der Waals surface area contributed by atoms with Gasteiger partial charge in [-0.1, -0.05) is 0 Å². The number of anilines is 1. The number of aromatic amines is 1. The summed E-state index contributed by atoms with van der Waals surface area (Å²) in [5.74, 6) is 4.44. The lowest BCUT2D eigenvalue weighted by Crippen LogP contribution is -2.34. The van der Waals surface area contributed by atoms with Crippen molar-refractivity contribution in [3.63, 3.8) is 0 Å². The number of piperidine rings is 1. The fourth-order valence-corrected chi connectivity index (χ4v) is 4.05. The van der Waals surface area contributed by atoms with Crippen molar-refractivity contribution >= 4 is 16.9 Å². The number of imidazole rings is 1. The maximum Gasteiger partial charge on any atom is 0.152 e. The number of fused-ring (bicyclic) bond motifs is 1. The molecule has 1 saturated heterocycles. The minimum absolute atomic E-state index is 0.412. The van der Waals surface area contributed by atoms with Gasteiger partial charge in [-0.3, -0.25) is 0 Å². The van der Waals surface area contributed by atoms with Crippen LogP contribution in [0.3, 0.4) is 0 Å². The number of aryl methyl sites for hydroxylation is 1. The Morgan fingerprint density at radius 2 is 2.00 bits per heavy atom. The Kier molecular flexibility index (Phi) is 4.07. The van der Waals surface area contributed by atoms with Gasteiger partial charge in [0.15, 0.2) is 5.82 Å². The van der Waals surface area contributed by atoms with Crippen LogP contribution in [0.2, 0.25) is 0 Å². The van der Waals surface area contributed by atoms with Crippen LogP contribution in [0.25, 0.3) is 11.0 Å². The SMILES string of the molecule is Cc1nccn1Cc1nnc(C2CCN(c3ncnc4[nH]ccc34)CC2)n1C. The molecular formula is C19H23N9. The Bertz CT molecular complexity index is 1100. The molecule has 0 radical (unpaired) electrons. The summed E-state index contributed by atoms with van der Waals surface area (Å²) in [4.78, 5) is 18.6. The maximum absolute atomic E-state index is 4.53. The molecule has 0 aromatic carbocycles. The number of nitrogens with one attached hydrogen (secondary N) is 1. The van der Waals surface area contributed by atoms with Crippen molar-refractivity contribution in [3.05, 3.63) is 48.5 Å². The topological polar surface area (TPSA) is 93.3 Å². The predicted octanol–water partition coefficient (Wildman–Crippen LogP) is 2.02. The number of hydrogen-bond acceptors (Lipinski definition) is 6. The van der Waals surface area contributed by atoms with Crippen LogP contribution < -0.4 is 4.90 Å². The molecule has 9 nitrogen and oxygen atoms in total. The van der Waals surface area contributed by atoms with Crippen molar-refractivity contribution in [1.82, 2.24) is 39.3 Å². The molecule has 28 heavy (non-hydrogen) atoms. The van der Waals surface area contributed by atoms with E-state index in [0.29, 0.717) is 12.5 Å². The molecule has 1 aliphatic heterocycles. The fourth-order valence-electron chi connectivity index (χ4n) is 4.05. The van der Waals surface area contributed by atoms with E-state index in [1.165, 1.54) is 0 Å². The van der Waals surface area contributed by atoms with E-state index < -0.39 is 0 Å². The van der Waals surface area contributed by atoms with Gasteiger partial charge in [0, 0.05) is 44.6 Å². The maximum atomic E-state index is 4.53. The Morgan fingerprint density at radius 1 is 1.14 bits per heavy atom. The molecule has 0 saturated carbocycles. The van der Waals surface area contributed by atoms with Gasteiger partial charge in [0.05, 0.1) is 11.9 Å². The van der Waals surface area contributed by atoms with Crippen LogP contribution in [0.5, 0.6) is 0 Å². The summed E-state index contributed by atoms with van der Waals surface area (Å²) in [7, 11) is 2.07. The van der Waals surface area contributed by atoms with E-state index in [0.717, 1.165) is 60.3 Å². The minimum Gasteiger partial charge on any atom is -0.356 e. The number of hydrogen-bond donors (Lipinski definition) is 1. The number of aromatic nitrogens is 8. The van der Waals surface area contributed by atoms with Gasteiger partial charge in [0.1, 0.15) is 29.4 Å². The zero-order chi connectivity index (χ0) is 19.1. The van der Waals surface area contributed by atoms with Gasteiger partial charge in [-0.05, 0) is 25.8 Å². The first-order chi connectivity index (χ1) is 13.7. The second-order valence-corrected chi connectivity index (χ2v) is 7.33. The van der Waals surface area contributed by atoms with Crippen LogP contribution in [0.4, 0.5) is 5.82 Å². The molecule has 5 heterocycles. The molecule has 9 heteroatoms. The molecule has 1 N–H and O–H groups in total. The van der Waals surface area contributed by atoms with Gasteiger partial charge in [-0.2, -0.15) is 0 Å². The molecular weight excluding hydrogens is 354 g/mol. The van der Waals surface area contributed by atoms with Crippen LogP contribution in [0, 0.1) is 6.92 Å². The summed E-state index contributed by atoms with van der Waals surface area (Å²) in [5, 5.41) is 10.0. The molecule has 4 aromatic rings. The van der Waals surface area contributed by atoms with E-state index in [1.807, 2.05) is 31.6 Å². The van der Waals surface area contributed by atoms with Crippen LogP contribution in [0.15, 0.2) is 31.0 Å². The zero-order valence-corrected chi connectivity index (χ0v) is 16.1. The molecule has 0 aliphatic carbocycles. The van der Waals surface area contributed by atoms with Crippen LogP contribution in [-0.2, 0) is 13.6 Å². The van der Waals surface area contributed by atoms with Crippen molar-refractivity contribution in [2.24, 2.45) is 7.05 Å². The molecule has 0 atom stereocenters. The molecule has 5 rings (SSSR count). The lowest BCUT2D eigenvalue weighted by Gasteiger charge is -2.32. The van der Waals surface area contributed by atoms with Crippen molar-refractivity contribution in [3.8, 4) is 0 Å². The van der Waals surface area contributed by atoms with Gasteiger partial charge >= 0.3 is 0 Å². The molecule has 1 aliphatic rings. The van der Waals surface area contributed by atoms with E-state index in [4.69, 9.17) is 0 Å². The van der Waals surface area contributed by atoms with Gasteiger partial charge in [0.25, 0.3) is 0 Å². The summed E-state index contributed by atoms with van der Waals surface area (Å²) in [5.41, 5.74) is 0.889. The lowest BCUT2D eigenvalue weighted by molar-refractivity contribution is 0.470. The van der Waals surface area contributed by atoms with E-state index >= 15 is 0 Å². The van der Waals surface area contributed by atoms with Crippen LogP contribution in [0.1, 0.15) is 36.2 Å². The monoisotopic (exact) mass is 377 g/mol. The number of H-pyrrole nitrogens is 1. The van der Waals surface area contributed by atoms with E-state index in [-0.39, 0.29) is 0 Å². The highest BCUT2D eigenvalue weighted by atomic mass is 15.3. The Balaban J connectivity index is 1.31. The molecule has 144 valence electrons. The van der Waals surface area contributed by atoms with Crippen LogP contribution in [-0.4, -0.2) is 52.4 Å². The largest absolute Gasteiger partial charge is 0.356 e. The molecule has 0 unspecified atom stereocenters. The van der Waals surface area contributed by atoms with E-state index in [1.54, 1.807) is 6.33 Å². The Morgan fingerprint density at radius 3 is 2.79 bits per heavy atom. The summed E-state index contributed by atoms with van der Waals surface area (Å²) in [6.45, 7) is 4.59. The molecule has 0 spiro atoms. The second kappa shape index (κ2) is 6.74. The highest BCUT2D eigenvalue weighted by molar-refractivity contribution is 5.87. The van der Waals surface area contributed by atoms with Crippen molar-refractivity contribution in [2.45, 2.75) is 32.2 Å². The fraction of sp³-hybridized carbons (Fsp3) is 0.421. The standard InChI is InChI=1S/C19H23N9/c1-13-20-7-10-28(13)11-16-24-25-18(26(16)2)14-4-8-27(9-5-14)19-15-3-6-21-17(15)22-12-23-19/h3,6-7,10,12,14H,4-5,8-9,11H2,1-2H3,(H,21,22,23). The number of rotatable bonds is 4. The lowest BCUT2D eigenvalue weighted by atomic mass is 9.96. The number of nitrogens with zero attached hydrogens (tertiary/aromatic N) is 8. The van der Waals surface area contributed by atoms with E-state index in [9.17, 15) is 0 Å². The average Bonchev–Trinajstić information content (AvgIpc) is 3.44. The average molecular weight is 377 g/mol. The Labute approximate surface area is 162 Å². The minimum atomic E-state index is 0.412. The zero-order valence-electron chi connectivity index (χ0n) is 16.1. The van der Waals surface area contributed by atoms with Crippen LogP contribution >= 0.6 is 0 Å². The van der Waals surface area contributed by atoms with Gasteiger partial charge in [-0.15, -0.1) is 10.2 Å². The third kappa shape index (κ3) is 2.83. The second-order valence-electron chi connectivity index (χ2n) is 7.33. The first kappa shape index (κ1) is 16.9. The summed E-state index contributed by atoms with van der Waals surface area (Å²) < 4.78 is 4.24. The van der Waals surface area contributed by atoms with Gasteiger partial charge in [0.2, 0.25) is 0 Å². The smallest absolute Gasteiger partial charge is 0.152 e. The molecule has 0 amide bonds. The third-order valence-corrected chi connectivity index (χ3v) is 5.73. The highest BCUT2D eigenvalue weighted by Gasteiger charge is 2.26. The Hall–Kier alpha value is -3.23. The molecule has 4 aromatic heterocycles. The quantitative estimate of drug-likeness (QED) is 0.585. The van der Waals surface area contributed by atoms with Gasteiger partial charge < -0.3 is 19.0 Å². The van der Waals surface area contributed by atoms with Crippen molar-refractivity contribution < 1.29 is 0 Å². The van der Waals surface area contributed by atoms with Gasteiger partial charge in [-0.25, -0.2) is 15.0 Å². The molecule has 0 bridgehead atoms. The molecule has 1 fully saturated rings. The summed E-state index contributed by atoms with van der Waals surface area (Å²) in [6, 6.07) is 2.05. The predicted molar refractivity (Wildman–Crippen MR) is 105 cm³/mol. The van der Waals surface area contributed by atoms with E-state index in [2.05, 4.69) is 51.2 Å². The highest BCUT2D eigenvalue weighted by Crippen LogP contribution is 2.31. The first-order valence-electron chi connectivity index (χ1n) is 9.59. The van der Waals surface area contributed by atoms with Crippen molar-refractivity contribution in [2.75, 3.05) is 18.0 Å². The summed E-state index contributed by atoms with van der Waals surface area (Å²) >= 11 is 0. The van der Waals surface area contributed by atoms with Crippen molar-refractivity contribution in [1.29, 1.82) is 0 Å². The third-order valence-electron chi connectivity index (χ3n) is 5.73. The summed E-state index contributed by atoms with van der Waals surface area (Å²) in [6.07, 6.45) is 9.41.